The Balaban J connectivity index is 1.64. The molecule has 1 atom stereocenters. The summed E-state index contributed by atoms with van der Waals surface area (Å²) in [6.45, 7) is 1.49. The van der Waals surface area contributed by atoms with E-state index in [1.54, 1.807) is 24.3 Å². The van der Waals surface area contributed by atoms with Gasteiger partial charge in [0.1, 0.15) is 0 Å². The maximum atomic E-state index is 12.3. The minimum atomic E-state index is -3.32. The predicted molar refractivity (Wildman–Crippen MR) is 82.7 cm³/mol. The highest BCUT2D eigenvalue weighted by molar-refractivity contribution is 7.88. The molecule has 1 N–H and O–H groups in total. The Bertz CT molecular complexity index is 594. The number of rotatable bonds is 4. The molecule has 0 aromatic heterocycles. The molecule has 0 radical (unpaired) electrons. The van der Waals surface area contributed by atoms with Crippen LogP contribution in [0.4, 0.5) is 0 Å². The summed E-state index contributed by atoms with van der Waals surface area (Å²) in [7, 11) is -3.32. The van der Waals surface area contributed by atoms with Gasteiger partial charge in [0.25, 0.3) is 0 Å². The Hall–Kier alpha value is -0.620. The zero-order valence-electron chi connectivity index (χ0n) is 11.8. The minimum absolute atomic E-state index is 0.00719. The van der Waals surface area contributed by atoms with Crippen molar-refractivity contribution in [3.63, 3.8) is 0 Å². The number of halogens is 1. The summed E-state index contributed by atoms with van der Waals surface area (Å²) in [5.74, 6) is 0.00719. The van der Waals surface area contributed by atoms with Crippen molar-refractivity contribution in [2.24, 2.45) is 5.41 Å². The summed E-state index contributed by atoms with van der Waals surface area (Å²) in [6, 6.07) is 7.02. The average Bonchev–Trinajstić information content (AvgIpc) is 2.47. The molecule has 1 heterocycles. The number of nitrogens with one attached hydrogen (secondary N) is 1. The van der Waals surface area contributed by atoms with E-state index in [2.05, 4.69) is 4.72 Å². The average molecular weight is 330 g/mol. The van der Waals surface area contributed by atoms with E-state index in [1.807, 2.05) is 0 Å². The van der Waals surface area contributed by atoms with E-state index in [-0.39, 0.29) is 17.2 Å². The Kier molecular flexibility index (Phi) is 4.28. The summed E-state index contributed by atoms with van der Waals surface area (Å²) in [6.07, 6.45) is 3.95. The highest BCUT2D eigenvalue weighted by Gasteiger charge is 2.48. The van der Waals surface area contributed by atoms with Crippen LogP contribution in [0.3, 0.4) is 0 Å². The lowest BCUT2D eigenvalue weighted by atomic mass is 9.60. The topological polar surface area (TPSA) is 55.4 Å². The fourth-order valence-corrected chi connectivity index (χ4v) is 4.96. The third kappa shape index (κ3) is 3.42. The van der Waals surface area contributed by atoms with Gasteiger partial charge in [-0.1, -0.05) is 23.7 Å². The van der Waals surface area contributed by atoms with Gasteiger partial charge in [-0.15, -0.1) is 0 Å². The molecular formula is C15H20ClNO3S. The van der Waals surface area contributed by atoms with E-state index in [4.69, 9.17) is 16.3 Å². The standard InChI is InChI=1S/C15H20ClNO3S/c16-13-3-1-12(2-4-13)11-21(18,19)17-14-5-6-15(14)7-9-20-10-8-15/h1-4,14,17H,5-11H2. The van der Waals surface area contributed by atoms with Crippen LogP contribution in [0.15, 0.2) is 24.3 Å². The second-order valence-electron chi connectivity index (χ2n) is 6.07. The van der Waals surface area contributed by atoms with Gasteiger partial charge in [0.05, 0.1) is 5.75 Å². The van der Waals surface area contributed by atoms with Crippen LogP contribution >= 0.6 is 11.6 Å². The molecule has 21 heavy (non-hydrogen) atoms. The molecule has 1 saturated heterocycles. The molecular weight excluding hydrogens is 310 g/mol. The summed E-state index contributed by atoms with van der Waals surface area (Å²) >= 11 is 5.82. The minimum Gasteiger partial charge on any atom is -0.381 e. The van der Waals surface area contributed by atoms with Crippen LogP contribution in [0, 0.1) is 5.41 Å². The van der Waals surface area contributed by atoms with Crippen LogP contribution in [0.5, 0.6) is 0 Å². The van der Waals surface area contributed by atoms with Crippen LogP contribution in [-0.2, 0) is 20.5 Å². The van der Waals surface area contributed by atoms with Gasteiger partial charge in [-0.25, -0.2) is 13.1 Å². The zero-order chi connectivity index (χ0) is 14.9. The Morgan fingerprint density at radius 1 is 1.19 bits per heavy atom. The molecule has 116 valence electrons. The van der Waals surface area contributed by atoms with Crippen LogP contribution in [0.1, 0.15) is 31.2 Å². The molecule has 2 aliphatic rings. The number of sulfonamides is 1. The highest BCUT2D eigenvalue weighted by Crippen LogP contribution is 2.49. The van der Waals surface area contributed by atoms with Crippen LogP contribution < -0.4 is 4.72 Å². The first kappa shape index (κ1) is 15.3. The lowest BCUT2D eigenvalue weighted by Gasteiger charge is -2.51. The molecule has 0 amide bonds. The maximum absolute atomic E-state index is 12.3. The van der Waals surface area contributed by atoms with Crippen molar-refractivity contribution in [3.05, 3.63) is 34.9 Å². The molecule has 0 bridgehead atoms. The van der Waals surface area contributed by atoms with Crippen molar-refractivity contribution < 1.29 is 13.2 Å². The van der Waals surface area contributed by atoms with Crippen molar-refractivity contribution in [2.45, 2.75) is 37.5 Å². The smallest absolute Gasteiger partial charge is 0.216 e. The van der Waals surface area contributed by atoms with Crippen LogP contribution in [0.2, 0.25) is 5.02 Å². The molecule has 1 aliphatic carbocycles. The van der Waals surface area contributed by atoms with E-state index < -0.39 is 10.0 Å². The van der Waals surface area contributed by atoms with Gasteiger partial charge in [-0.2, -0.15) is 0 Å². The van der Waals surface area contributed by atoms with Gasteiger partial charge < -0.3 is 4.74 Å². The number of hydrogen-bond acceptors (Lipinski definition) is 3. The van der Waals surface area contributed by atoms with Crippen LogP contribution in [-0.4, -0.2) is 27.7 Å². The van der Waals surface area contributed by atoms with Gasteiger partial charge in [-0.3, -0.25) is 0 Å². The molecule has 6 heteroatoms. The highest BCUT2D eigenvalue weighted by atomic mass is 35.5. The lowest BCUT2D eigenvalue weighted by molar-refractivity contribution is -0.0483. The van der Waals surface area contributed by atoms with Crippen molar-refractivity contribution in [1.29, 1.82) is 0 Å². The first-order valence-electron chi connectivity index (χ1n) is 7.31. The first-order chi connectivity index (χ1) is 9.99. The fraction of sp³-hybridized carbons (Fsp3) is 0.600. The van der Waals surface area contributed by atoms with Gasteiger partial charge in [0, 0.05) is 24.3 Å². The summed E-state index contributed by atoms with van der Waals surface area (Å²) in [5, 5.41) is 0.615. The maximum Gasteiger partial charge on any atom is 0.216 e. The van der Waals surface area contributed by atoms with E-state index in [0.29, 0.717) is 5.02 Å². The predicted octanol–water partition coefficient (Wildman–Crippen LogP) is 2.72. The summed E-state index contributed by atoms with van der Waals surface area (Å²) in [5.41, 5.74) is 0.887. The van der Waals surface area contributed by atoms with Crippen molar-refractivity contribution in [3.8, 4) is 0 Å². The van der Waals surface area contributed by atoms with Crippen molar-refractivity contribution in [2.75, 3.05) is 13.2 Å². The van der Waals surface area contributed by atoms with Gasteiger partial charge in [0.15, 0.2) is 0 Å². The van der Waals surface area contributed by atoms with E-state index in [0.717, 1.165) is 44.5 Å². The normalized spacial score (nSPS) is 24.7. The molecule has 1 aromatic carbocycles. The first-order valence-corrected chi connectivity index (χ1v) is 9.34. The molecule has 1 spiro atoms. The van der Waals surface area contributed by atoms with E-state index >= 15 is 0 Å². The van der Waals surface area contributed by atoms with E-state index in [1.165, 1.54) is 0 Å². The SMILES string of the molecule is O=S(=O)(Cc1ccc(Cl)cc1)NC1CCC12CCOCC2. The Morgan fingerprint density at radius 2 is 1.86 bits per heavy atom. The summed E-state index contributed by atoms with van der Waals surface area (Å²) < 4.78 is 33.0. The lowest BCUT2D eigenvalue weighted by Crippen LogP contribution is -2.57. The summed E-state index contributed by atoms with van der Waals surface area (Å²) in [4.78, 5) is 0. The Morgan fingerprint density at radius 3 is 2.43 bits per heavy atom. The zero-order valence-corrected chi connectivity index (χ0v) is 13.4. The third-order valence-corrected chi connectivity index (χ3v) is 6.36. The molecule has 1 unspecified atom stereocenters. The molecule has 3 rings (SSSR count). The Labute approximate surface area is 130 Å². The molecule has 2 fully saturated rings. The quantitative estimate of drug-likeness (QED) is 0.924. The van der Waals surface area contributed by atoms with Crippen LogP contribution in [0.25, 0.3) is 0 Å². The second-order valence-corrected chi connectivity index (χ2v) is 8.26. The third-order valence-electron chi connectivity index (χ3n) is 4.75. The van der Waals surface area contributed by atoms with E-state index in [9.17, 15) is 8.42 Å². The number of ether oxygens (including phenoxy) is 1. The monoisotopic (exact) mass is 329 g/mol. The largest absolute Gasteiger partial charge is 0.381 e. The molecule has 1 saturated carbocycles. The van der Waals surface area contributed by atoms with Gasteiger partial charge >= 0.3 is 0 Å². The number of benzene rings is 1. The van der Waals surface area contributed by atoms with Gasteiger partial charge in [0.2, 0.25) is 10.0 Å². The van der Waals surface area contributed by atoms with Crippen molar-refractivity contribution >= 4 is 21.6 Å². The van der Waals surface area contributed by atoms with Gasteiger partial charge in [-0.05, 0) is 48.8 Å². The van der Waals surface area contributed by atoms with Crippen molar-refractivity contribution in [1.82, 2.24) is 4.72 Å². The number of hydrogen-bond donors (Lipinski definition) is 1. The molecule has 1 aromatic rings. The second kappa shape index (κ2) is 5.88. The molecule has 4 nitrogen and oxygen atoms in total. The fourth-order valence-electron chi connectivity index (χ4n) is 3.32. The molecule has 1 aliphatic heterocycles.